The lowest BCUT2D eigenvalue weighted by Gasteiger charge is -2.25. The van der Waals surface area contributed by atoms with Gasteiger partial charge < -0.3 is 10.1 Å². The van der Waals surface area contributed by atoms with Gasteiger partial charge in [0.05, 0.1) is 0 Å². The van der Waals surface area contributed by atoms with Gasteiger partial charge in [0.15, 0.2) is 0 Å². The lowest BCUT2D eigenvalue weighted by Crippen LogP contribution is -2.46. The maximum absolute atomic E-state index is 12.3. The van der Waals surface area contributed by atoms with Crippen LogP contribution in [0.5, 0.6) is 0 Å². The average Bonchev–Trinajstić information content (AvgIpc) is 3.19. The van der Waals surface area contributed by atoms with E-state index in [2.05, 4.69) is 36.5 Å². The van der Waals surface area contributed by atoms with Crippen molar-refractivity contribution in [3.05, 3.63) is 35.4 Å². The number of rotatable bonds is 4. The highest BCUT2D eigenvalue weighted by Crippen LogP contribution is 2.39. The summed E-state index contributed by atoms with van der Waals surface area (Å²) in [5.74, 6) is 0.0925. The first-order valence-corrected chi connectivity index (χ1v) is 7.66. The molecule has 1 amide bonds. The lowest BCUT2D eigenvalue weighted by molar-refractivity contribution is -0.136. The summed E-state index contributed by atoms with van der Waals surface area (Å²) in [6.45, 7) is 2.83. The van der Waals surface area contributed by atoms with E-state index in [1.165, 1.54) is 11.1 Å². The van der Waals surface area contributed by atoms with Crippen molar-refractivity contribution in [2.45, 2.75) is 57.1 Å². The van der Waals surface area contributed by atoms with Crippen molar-refractivity contribution < 1.29 is 9.53 Å². The molecule has 0 spiro atoms. The normalized spacial score (nSPS) is 24.1. The summed E-state index contributed by atoms with van der Waals surface area (Å²) in [6, 6.07) is 8.56. The van der Waals surface area contributed by atoms with Crippen LogP contribution >= 0.6 is 0 Å². The van der Waals surface area contributed by atoms with Crippen molar-refractivity contribution in [1.82, 2.24) is 5.32 Å². The molecule has 3 heteroatoms. The Hall–Kier alpha value is -1.35. The van der Waals surface area contributed by atoms with E-state index in [4.69, 9.17) is 4.74 Å². The van der Waals surface area contributed by atoms with Gasteiger partial charge in [-0.15, -0.1) is 0 Å². The maximum atomic E-state index is 12.3. The minimum atomic E-state index is -0.223. The third-order valence-corrected chi connectivity index (χ3v) is 4.34. The molecule has 1 N–H and O–H groups in total. The van der Waals surface area contributed by atoms with Gasteiger partial charge in [0.2, 0.25) is 5.91 Å². The first kappa shape index (κ1) is 13.6. The highest BCUT2D eigenvalue weighted by Gasteiger charge is 2.45. The van der Waals surface area contributed by atoms with Gasteiger partial charge in [-0.3, -0.25) is 4.79 Å². The van der Waals surface area contributed by atoms with Crippen molar-refractivity contribution >= 4 is 5.91 Å². The van der Waals surface area contributed by atoms with Crippen LogP contribution in [0.25, 0.3) is 0 Å². The fourth-order valence-corrected chi connectivity index (χ4v) is 3.00. The lowest BCUT2D eigenvalue weighted by atomic mass is 10.0. The predicted octanol–water partition coefficient (Wildman–Crippen LogP) is 2.76. The smallest absolute Gasteiger partial charge is 0.249 e. The molecule has 2 aliphatic rings. The summed E-state index contributed by atoms with van der Waals surface area (Å²) in [6.07, 6.45) is 5.93. The minimum absolute atomic E-state index is 0.00825. The van der Waals surface area contributed by atoms with E-state index >= 15 is 0 Å². The van der Waals surface area contributed by atoms with Crippen LogP contribution in [0, 0.1) is 6.92 Å². The molecule has 1 aliphatic carbocycles. The Morgan fingerprint density at radius 1 is 1.40 bits per heavy atom. The molecule has 1 saturated carbocycles. The van der Waals surface area contributed by atoms with Crippen LogP contribution in [0.1, 0.15) is 43.2 Å². The molecule has 3 nitrogen and oxygen atoms in total. The van der Waals surface area contributed by atoms with Gasteiger partial charge in [-0.25, -0.2) is 0 Å². The molecule has 0 aromatic heterocycles. The van der Waals surface area contributed by atoms with Crippen LogP contribution < -0.4 is 5.32 Å². The van der Waals surface area contributed by atoms with Crippen LogP contribution in [0.3, 0.4) is 0 Å². The SMILES string of the molecule is Cc1cccc(CC2(NC(=O)[C@H]3CCCCO3)CC2)c1. The van der Waals surface area contributed by atoms with Crippen LogP contribution in [0.15, 0.2) is 24.3 Å². The number of benzene rings is 1. The van der Waals surface area contributed by atoms with Crippen molar-refractivity contribution in [2.75, 3.05) is 6.61 Å². The second-order valence-electron chi connectivity index (χ2n) is 6.29. The molecule has 1 heterocycles. The molecule has 0 radical (unpaired) electrons. The van der Waals surface area contributed by atoms with Gasteiger partial charge in [-0.05, 0) is 51.0 Å². The van der Waals surface area contributed by atoms with Crippen molar-refractivity contribution in [3.63, 3.8) is 0 Å². The van der Waals surface area contributed by atoms with Crippen LogP contribution in [0.4, 0.5) is 0 Å². The standard InChI is InChI=1S/C17H23NO2/c1-13-5-4-6-14(11-13)12-17(8-9-17)18-16(19)15-7-2-3-10-20-15/h4-6,11,15H,2-3,7-10,12H2,1H3,(H,18,19)/t15-/m1/s1. The molecular weight excluding hydrogens is 250 g/mol. The molecule has 0 bridgehead atoms. The van der Waals surface area contributed by atoms with Gasteiger partial charge in [0.1, 0.15) is 6.10 Å². The molecular formula is C17H23NO2. The first-order valence-electron chi connectivity index (χ1n) is 7.66. The molecule has 20 heavy (non-hydrogen) atoms. The van der Waals surface area contributed by atoms with Crippen molar-refractivity contribution in [2.24, 2.45) is 0 Å². The number of carbonyl (C=O) groups excluding carboxylic acids is 1. The van der Waals surface area contributed by atoms with Gasteiger partial charge >= 0.3 is 0 Å². The average molecular weight is 273 g/mol. The number of hydrogen-bond donors (Lipinski definition) is 1. The zero-order valence-electron chi connectivity index (χ0n) is 12.2. The number of aryl methyl sites for hydroxylation is 1. The number of nitrogens with one attached hydrogen (secondary N) is 1. The number of amides is 1. The Morgan fingerprint density at radius 2 is 2.25 bits per heavy atom. The summed E-state index contributed by atoms with van der Waals surface area (Å²) >= 11 is 0. The Kier molecular flexibility index (Phi) is 3.79. The third kappa shape index (κ3) is 3.21. The number of hydrogen-bond acceptors (Lipinski definition) is 2. The fraction of sp³-hybridized carbons (Fsp3) is 0.588. The number of ether oxygens (including phenoxy) is 1. The Bertz CT molecular complexity index is 488. The zero-order chi connectivity index (χ0) is 14.0. The Labute approximate surface area is 120 Å². The highest BCUT2D eigenvalue weighted by atomic mass is 16.5. The Morgan fingerprint density at radius 3 is 2.90 bits per heavy atom. The van der Waals surface area contributed by atoms with E-state index in [1.54, 1.807) is 0 Å². The van der Waals surface area contributed by atoms with E-state index in [-0.39, 0.29) is 17.6 Å². The summed E-state index contributed by atoms with van der Waals surface area (Å²) in [7, 11) is 0. The molecule has 0 unspecified atom stereocenters. The third-order valence-electron chi connectivity index (χ3n) is 4.34. The first-order chi connectivity index (χ1) is 9.67. The number of carbonyl (C=O) groups is 1. The summed E-state index contributed by atoms with van der Waals surface area (Å²) in [4.78, 5) is 12.3. The van der Waals surface area contributed by atoms with E-state index in [9.17, 15) is 4.79 Å². The second-order valence-corrected chi connectivity index (χ2v) is 6.29. The molecule has 108 valence electrons. The van der Waals surface area contributed by atoms with Crippen LogP contribution in [0.2, 0.25) is 0 Å². The minimum Gasteiger partial charge on any atom is -0.368 e. The van der Waals surface area contributed by atoms with E-state index in [0.717, 1.165) is 45.1 Å². The molecule has 1 aromatic rings. The van der Waals surface area contributed by atoms with Crippen molar-refractivity contribution in [1.29, 1.82) is 0 Å². The monoisotopic (exact) mass is 273 g/mol. The predicted molar refractivity (Wildman–Crippen MR) is 78.6 cm³/mol. The van der Waals surface area contributed by atoms with E-state index in [1.807, 2.05) is 0 Å². The van der Waals surface area contributed by atoms with Crippen LogP contribution in [-0.4, -0.2) is 24.2 Å². The zero-order valence-corrected chi connectivity index (χ0v) is 12.2. The molecule has 1 aliphatic heterocycles. The molecule has 2 fully saturated rings. The summed E-state index contributed by atoms with van der Waals surface area (Å²) < 4.78 is 5.57. The second kappa shape index (κ2) is 5.57. The molecule has 1 aromatic carbocycles. The molecule has 3 rings (SSSR count). The topological polar surface area (TPSA) is 38.3 Å². The van der Waals surface area contributed by atoms with Gasteiger partial charge in [-0.1, -0.05) is 29.8 Å². The molecule has 1 atom stereocenters. The summed E-state index contributed by atoms with van der Waals surface area (Å²) in [5, 5.41) is 3.24. The van der Waals surface area contributed by atoms with Gasteiger partial charge in [0, 0.05) is 12.1 Å². The largest absolute Gasteiger partial charge is 0.368 e. The van der Waals surface area contributed by atoms with Crippen molar-refractivity contribution in [3.8, 4) is 0 Å². The fourth-order valence-electron chi connectivity index (χ4n) is 3.00. The maximum Gasteiger partial charge on any atom is 0.249 e. The van der Waals surface area contributed by atoms with E-state index < -0.39 is 0 Å². The highest BCUT2D eigenvalue weighted by molar-refractivity contribution is 5.82. The van der Waals surface area contributed by atoms with Crippen LogP contribution in [-0.2, 0) is 16.0 Å². The summed E-state index contributed by atoms with van der Waals surface area (Å²) in [5.41, 5.74) is 2.58. The van der Waals surface area contributed by atoms with Gasteiger partial charge in [0.25, 0.3) is 0 Å². The quantitative estimate of drug-likeness (QED) is 0.916. The molecule has 1 saturated heterocycles. The van der Waals surface area contributed by atoms with E-state index in [0.29, 0.717) is 0 Å². The van der Waals surface area contributed by atoms with Gasteiger partial charge in [-0.2, -0.15) is 0 Å². The Balaban J connectivity index is 1.60.